The number of aromatic nitrogens is 1. The summed E-state index contributed by atoms with van der Waals surface area (Å²) in [6.07, 6.45) is 7.67. The van der Waals surface area contributed by atoms with Gasteiger partial charge in [0.25, 0.3) is 5.91 Å². The van der Waals surface area contributed by atoms with E-state index in [-0.39, 0.29) is 17.9 Å². The Morgan fingerprint density at radius 2 is 1.94 bits per heavy atom. The zero-order valence-electron chi connectivity index (χ0n) is 20.2. The minimum atomic E-state index is -1.07. The molecule has 180 valence electrons. The van der Waals surface area contributed by atoms with Crippen LogP contribution in [0.25, 0.3) is 10.2 Å². The Morgan fingerprint density at radius 1 is 1.18 bits per heavy atom. The van der Waals surface area contributed by atoms with Gasteiger partial charge in [-0.05, 0) is 50.5 Å². The van der Waals surface area contributed by atoms with Gasteiger partial charge in [-0.2, -0.15) is 0 Å². The van der Waals surface area contributed by atoms with Crippen molar-refractivity contribution >= 4 is 39.1 Å². The first kappa shape index (κ1) is 23.0. The van der Waals surface area contributed by atoms with Crippen molar-refractivity contribution in [1.29, 1.82) is 0 Å². The van der Waals surface area contributed by atoms with Gasteiger partial charge in [0.05, 0.1) is 23.9 Å². The number of aryl methyl sites for hydroxylation is 1. The summed E-state index contributed by atoms with van der Waals surface area (Å²) >= 11 is 1.72. The van der Waals surface area contributed by atoms with Crippen molar-refractivity contribution < 1.29 is 14.3 Å². The number of benzene rings is 1. The lowest BCUT2D eigenvalue weighted by Crippen LogP contribution is -2.65. The van der Waals surface area contributed by atoms with E-state index in [4.69, 9.17) is 4.74 Å². The van der Waals surface area contributed by atoms with Crippen LogP contribution in [0.3, 0.4) is 0 Å². The van der Waals surface area contributed by atoms with Crippen LogP contribution in [0.4, 0.5) is 5.69 Å². The summed E-state index contributed by atoms with van der Waals surface area (Å²) in [6, 6.07) is 11.8. The number of thiophene rings is 1. The number of amides is 2. The molecule has 6 nitrogen and oxygen atoms in total. The van der Waals surface area contributed by atoms with Gasteiger partial charge in [0, 0.05) is 22.7 Å². The number of carbonyl (C=O) groups excluding carboxylic acids is 2. The first-order chi connectivity index (χ1) is 16.4. The Hall–Kier alpha value is -2.80. The molecule has 1 aliphatic carbocycles. The van der Waals surface area contributed by atoms with Gasteiger partial charge >= 0.3 is 0 Å². The molecule has 34 heavy (non-hydrogen) atoms. The molecule has 1 atom stereocenters. The van der Waals surface area contributed by atoms with Gasteiger partial charge in [-0.15, -0.1) is 11.3 Å². The molecular formula is C27H33N3O3S. The van der Waals surface area contributed by atoms with Gasteiger partial charge in [0.2, 0.25) is 5.91 Å². The molecule has 1 aliphatic heterocycles. The fourth-order valence-electron chi connectivity index (χ4n) is 5.42. The second-order valence-electron chi connectivity index (χ2n) is 9.71. The molecule has 1 fully saturated rings. The van der Waals surface area contributed by atoms with Crippen molar-refractivity contribution in [2.45, 2.75) is 76.9 Å². The zero-order valence-corrected chi connectivity index (χ0v) is 21.0. The number of rotatable bonds is 5. The number of carbonyl (C=O) groups is 2. The summed E-state index contributed by atoms with van der Waals surface area (Å²) in [5.74, 6) is 0.417. The molecule has 1 aromatic carbocycles. The molecule has 7 heteroatoms. The van der Waals surface area contributed by atoms with Gasteiger partial charge in [-0.1, -0.05) is 38.7 Å². The fraction of sp³-hybridized carbons (Fsp3) is 0.481. The van der Waals surface area contributed by atoms with Crippen LogP contribution in [0.5, 0.6) is 5.75 Å². The van der Waals surface area contributed by atoms with Crippen LogP contribution in [0.15, 0.2) is 36.4 Å². The molecule has 0 radical (unpaired) electrons. The van der Waals surface area contributed by atoms with Gasteiger partial charge < -0.3 is 14.6 Å². The normalized spacial score (nSPS) is 21.4. The van der Waals surface area contributed by atoms with Crippen molar-refractivity contribution in [1.82, 2.24) is 9.88 Å². The summed E-state index contributed by atoms with van der Waals surface area (Å²) < 4.78 is 8.58. The molecule has 3 aromatic rings. The summed E-state index contributed by atoms with van der Waals surface area (Å²) in [6.45, 7) is 4.45. The Bertz CT molecular complexity index is 1220. The van der Waals surface area contributed by atoms with Crippen LogP contribution in [0.2, 0.25) is 0 Å². The lowest BCUT2D eigenvalue weighted by molar-refractivity contribution is -0.127. The van der Waals surface area contributed by atoms with Crippen molar-refractivity contribution in [3.05, 3.63) is 47.0 Å². The van der Waals surface area contributed by atoms with E-state index in [2.05, 4.69) is 22.9 Å². The predicted molar refractivity (Wildman–Crippen MR) is 137 cm³/mol. The van der Waals surface area contributed by atoms with E-state index in [1.807, 2.05) is 37.3 Å². The second-order valence-corrected chi connectivity index (χ2v) is 10.9. The molecular weight excluding hydrogens is 446 g/mol. The maximum absolute atomic E-state index is 14.0. The highest BCUT2D eigenvalue weighted by molar-refractivity contribution is 7.19. The maximum atomic E-state index is 14.0. The summed E-state index contributed by atoms with van der Waals surface area (Å²) in [5.41, 5.74) is 1.28. The fourth-order valence-corrected chi connectivity index (χ4v) is 6.46. The van der Waals surface area contributed by atoms with E-state index in [1.165, 1.54) is 17.7 Å². The lowest BCUT2D eigenvalue weighted by Gasteiger charge is -2.44. The Labute approximate surface area is 204 Å². The molecule has 0 unspecified atom stereocenters. The van der Waals surface area contributed by atoms with Gasteiger partial charge in [-0.25, -0.2) is 0 Å². The molecule has 3 heterocycles. The first-order valence-electron chi connectivity index (χ1n) is 12.4. The largest absolute Gasteiger partial charge is 0.497 e. The SMILES string of the molecule is CCc1cc2c(cc3n2C[C@](C)(C(=O)NC2CCCCCC2)N(c2cccc(OC)c2)C3=O)s1. The molecule has 0 spiro atoms. The summed E-state index contributed by atoms with van der Waals surface area (Å²) in [7, 11) is 1.61. The Balaban J connectivity index is 1.59. The van der Waals surface area contributed by atoms with E-state index in [1.54, 1.807) is 23.3 Å². The minimum Gasteiger partial charge on any atom is -0.497 e. The first-order valence-corrected chi connectivity index (χ1v) is 13.2. The topological polar surface area (TPSA) is 63.6 Å². The highest BCUT2D eigenvalue weighted by atomic mass is 32.1. The van der Waals surface area contributed by atoms with Gasteiger partial charge in [0.1, 0.15) is 17.0 Å². The molecule has 0 bridgehead atoms. The van der Waals surface area contributed by atoms with Crippen molar-refractivity contribution in [2.24, 2.45) is 0 Å². The number of nitrogens with one attached hydrogen (secondary N) is 1. The van der Waals surface area contributed by atoms with Crippen LogP contribution in [-0.2, 0) is 17.8 Å². The standard InChI is InChI=1S/C27H33N3O3S/c1-4-21-15-22-24(34-21)16-23-25(31)30(19-12-9-13-20(14-19)33-3)27(2,17-29(22)23)26(32)28-18-10-7-5-6-8-11-18/h9,12-16,18H,4-8,10-11,17H2,1-3H3,(H,28,32)/t27-/m1/s1. The highest BCUT2D eigenvalue weighted by Gasteiger charge is 2.49. The number of methoxy groups -OCH3 is 1. The quantitative estimate of drug-likeness (QED) is 0.489. The summed E-state index contributed by atoms with van der Waals surface area (Å²) in [5, 5.41) is 3.33. The lowest BCUT2D eigenvalue weighted by atomic mass is 9.92. The average Bonchev–Trinajstić information content (AvgIpc) is 3.28. The Kier molecular flexibility index (Phi) is 6.15. The molecule has 1 saturated carbocycles. The number of fused-ring (bicyclic) bond motifs is 3. The van der Waals surface area contributed by atoms with Crippen LogP contribution in [0, 0.1) is 0 Å². The van der Waals surface area contributed by atoms with Crippen LogP contribution >= 0.6 is 11.3 Å². The third-order valence-electron chi connectivity index (χ3n) is 7.36. The van der Waals surface area contributed by atoms with Gasteiger partial charge in [0.15, 0.2) is 0 Å². The van der Waals surface area contributed by atoms with Crippen molar-refractivity contribution in [2.75, 3.05) is 12.0 Å². The maximum Gasteiger partial charge on any atom is 0.275 e. The smallest absolute Gasteiger partial charge is 0.275 e. The number of hydrogen-bond donors (Lipinski definition) is 1. The molecule has 0 saturated heterocycles. The van der Waals surface area contributed by atoms with Crippen molar-refractivity contribution in [3.8, 4) is 5.75 Å². The monoisotopic (exact) mass is 479 g/mol. The van der Waals surface area contributed by atoms with E-state index >= 15 is 0 Å². The van der Waals surface area contributed by atoms with Crippen LogP contribution in [0.1, 0.15) is 67.7 Å². The third-order valence-corrected chi connectivity index (χ3v) is 8.58. The molecule has 5 rings (SSSR count). The molecule has 2 amide bonds. The van der Waals surface area contributed by atoms with Crippen LogP contribution in [-0.4, -0.2) is 35.1 Å². The molecule has 2 aromatic heterocycles. The highest BCUT2D eigenvalue weighted by Crippen LogP contribution is 2.39. The number of hydrogen-bond acceptors (Lipinski definition) is 4. The summed E-state index contributed by atoms with van der Waals surface area (Å²) in [4.78, 5) is 30.9. The van der Waals surface area contributed by atoms with E-state index in [0.717, 1.165) is 42.3 Å². The number of nitrogens with zero attached hydrogens (tertiary/aromatic N) is 2. The average molecular weight is 480 g/mol. The zero-order chi connectivity index (χ0) is 23.9. The minimum absolute atomic E-state index is 0.0889. The predicted octanol–water partition coefficient (Wildman–Crippen LogP) is 5.53. The second kappa shape index (κ2) is 9.10. The number of anilines is 1. The van der Waals surface area contributed by atoms with Crippen LogP contribution < -0.4 is 15.0 Å². The van der Waals surface area contributed by atoms with E-state index < -0.39 is 5.54 Å². The van der Waals surface area contributed by atoms with E-state index in [9.17, 15) is 9.59 Å². The number of ether oxygens (including phenoxy) is 1. The third kappa shape index (κ3) is 3.90. The Morgan fingerprint density at radius 3 is 2.65 bits per heavy atom. The van der Waals surface area contributed by atoms with Gasteiger partial charge in [-0.3, -0.25) is 14.5 Å². The van der Waals surface area contributed by atoms with Crippen molar-refractivity contribution in [3.63, 3.8) is 0 Å². The van der Waals surface area contributed by atoms with E-state index in [0.29, 0.717) is 23.7 Å². The molecule has 2 aliphatic rings. The molecule has 1 N–H and O–H groups in total.